The van der Waals surface area contributed by atoms with Gasteiger partial charge in [-0.1, -0.05) is 77.7 Å². The van der Waals surface area contributed by atoms with Gasteiger partial charge >= 0.3 is 0 Å². The molecular formula is C30H35Cl2N3O4S. The summed E-state index contributed by atoms with van der Waals surface area (Å²) in [4.78, 5) is 28.7. The molecule has 0 bridgehead atoms. The summed E-state index contributed by atoms with van der Waals surface area (Å²) in [5, 5.41) is 3.33. The lowest BCUT2D eigenvalue weighted by Crippen LogP contribution is -2.53. The molecule has 0 heterocycles. The Balaban J connectivity index is 2.10. The monoisotopic (exact) mass is 603 g/mol. The summed E-state index contributed by atoms with van der Waals surface area (Å²) in [5.74, 6) is -0.851. The molecule has 3 rings (SSSR count). The molecule has 10 heteroatoms. The van der Waals surface area contributed by atoms with Crippen molar-refractivity contribution in [1.82, 2.24) is 10.2 Å². The van der Waals surface area contributed by atoms with Gasteiger partial charge in [-0.3, -0.25) is 13.9 Å². The van der Waals surface area contributed by atoms with Gasteiger partial charge in [0.2, 0.25) is 11.8 Å². The first-order valence-corrected chi connectivity index (χ1v) is 15.2. The van der Waals surface area contributed by atoms with E-state index in [1.807, 2.05) is 58.9 Å². The predicted molar refractivity (Wildman–Crippen MR) is 161 cm³/mol. The van der Waals surface area contributed by atoms with Crippen molar-refractivity contribution in [2.24, 2.45) is 0 Å². The molecule has 214 valence electrons. The number of carbonyl (C=O) groups is 2. The van der Waals surface area contributed by atoms with E-state index in [0.29, 0.717) is 6.42 Å². The summed E-state index contributed by atoms with van der Waals surface area (Å²) >= 11 is 12.5. The molecule has 3 aromatic rings. The summed E-state index contributed by atoms with van der Waals surface area (Å²) in [5.41, 5.74) is 2.85. The number of hydrogen-bond acceptors (Lipinski definition) is 4. The zero-order valence-corrected chi connectivity index (χ0v) is 25.6. The highest BCUT2D eigenvalue weighted by Gasteiger charge is 2.34. The second kappa shape index (κ2) is 13.5. The number of carbonyl (C=O) groups excluding carboxylic acids is 2. The molecule has 1 atom stereocenters. The minimum atomic E-state index is -4.22. The number of nitrogens with one attached hydrogen (secondary N) is 1. The minimum Gasteiger partial charge on any atom is -0.352 e. The fraction of sp³-hybridized carbons (Fsp3) is 0.333. The van der Waals surface area contributed by atoms with E-state index < -0.39 is 28.5 Å². The fourth-order valence-electron chi connectivity index (χ4n) is 4.36. The Bertz CT molecular complexity index is 1440. The van der Waals surface area contributed by atoms with Gasteiger partial charge in [-0.05, 0) is 70.0 Å². The van der Waals surface area contributed by atoms with Gasteiger partial charge in [-0.15, -0.1) is 0 Å². The zero-order valence-electron chi connectivity index (χ0n) is 23.3. The fourth-order valence-corrected chi connectivity index (χ4v) is 6.27. The number of amides is 2. The molecule has 0 aliphatic rings. The molecule has 0 aliphatic heterocycles. The van der Waals surface area contributed by atoms with Crippen LogP contribution in [0, 0.1) is 13.8 Å². The molecular weight excluding hydrogens is 569 g/mol. The van der Waals surface area contributed by atoms with Crippen molar-refractivity contribution < 1.29 is 18.0 Å². The molecule has 7 nitrogen and oxygen atoms in total. The van der Waals surface area contributed by atoms with E-state index in [4.69, 9.17) is 23.2 Å². The topological polar surface area (TPSA) is 86.8 Å². The van der Waals surface area contributed by atoms with Crippen molar-refractivity contribution in [3.8, 4) is 0 Å². The molecule has 0 fully saturated rings. The van der Waals surface area contributed by atoms with Crippen LogP contribution in [0.15, 0.2) is 71.6 Å². The lowest BCUT2D eigenvalue weighted by molar-refractivity contribution is -0.140. The van der Waals surface area contributed by atoms with Crippen LogP contribution >= 0.6 is 23.2 Å². The summed E-state index contributed by atoms with van der Waals surface area (Å²) in [6.45, 7) is 8.86. The molecule has 0 spiro atoms. The summed E-state index contributed by atoms with van der Waals surface area (Å²) in [7, 11) is -4.22. The van der Waals surface area contributed by atoms with E-state index in [0.717, 1.165) is 21.0 Å². The highest BCUT2D eigenvalue weighted by atomic mass is 35.5. The Morgan fingerprint density at radius 1 is 0.900 bits per heavy atom. The maximum Gasteiger partial charge on any atom is 0.264 e. The summed E-state index contributed by atoms with van der Waals surface area (Å²) < 4.78 is 28.9. The number of halogens is 2. The highest BCUT2D eigenvalue weighted by Crippen LogP contribution is 2.30. The first-order chi connectivity index (χ1) is 18.8. The number of benzene rings is 3. The van der Waals surface area contributed by atoms with Crippen LogP contribution in [0.25, 0.3) is 0 Å². The quantitative estimate of drug-likeness (QED) is 0.285. The molecule has 0 saturated heterocycles. The van der Waals surface area contributed by atoms with Gasteiger partial charge in [-0.25, -0.2) is 8.42 Å². The number of sulfonamides is 1. The van der Waals surface area contributed by atoms with Crippen molar-refractivity contribution in [3.63, 3.8) is 0 Å². The smallest absolute Gasteiger partial charge is 0.264 e. The molecule has 2 amide bonds. The van der Waals surface area contributed by atoms with Crippen LogP contribution < -0.4 is 9.62 Å². The Hall–Kier alpha value is -3.07. The maximum atomic E-state index is 14.1. The molecule has 1 unspecified atom stereocenters. The van der Waals surface area contributed by atoms with E-state index in [2.05, 4.69) is 5.32 Å². The van der Waals surface area contributed by atoms with Crippen LogP contribution in [-0.4, -0.2) is 43.8 Å². The molecule has 0 radical (unpaired) electrons. The molecule has 1 N–H and O–H groups in total. The van der Waals surface area contributed by atoms with E-state index in [1.165, 1.54) is 35.2 Å². The van der Waals surface area contributed by atoms with Crippen LogP contribution in [0.5, 0.6) is 0 Å². The van der Waals surface area contributed by atoms with E-state index in [1.54, 1.807) is 12.1 Å². The van der Waals surface area contributed by atoms with Crippen molar-refractivity contribution in [1.29, 1.82) is 0 Å². The van der Waals surface area contributed by atoms with Crippen LogP contribution in [0.1, 0.15) is 43.9 Å². The second-order valence-electron chi connectivity index (χ2n) is 10.1. The van der Waals surface area contributed by atoms with Gasteiger partial charge in [-0.2, -0.15) is 0 Å². The van der Waals surface area contributed by atoms with Gasteiger partial charge < -0.3 is 10.2 Å². The SMILES string of the molecule is CCC(C(=O)NC(C)C)N(Cc1cccc(C)c1)C(=O)CN(c1cc(Cl)cc(Cl)c1)S(=O)(=O)c1ccc(C)cc1. The Labute approximate surface area is 247 Å². The van der Waals surface area contributed by atoms with E-state index in [-0.39, 0.29) is 39.1 Å². The van der Waals surface area contributed by atoms with Gasteiger partial charge in [0, 0.05) is 22.6 Å². The third kappa shape index (κ3) is 7.99. The third-order valence-electron chi connectivity index (χ3n) is 6.28. The average molecular weight is 605 g/mol. The van der Waals surface area contributed by atoms with Crippen molar-refractivity contribution >= 4 is 50.7 Å². The lowest BCUT2D eigenvalue weighted by atomic mass is 10.1. The third-order valence-corrected chi connectivity index (χ3v) is 8.50. The molecule has 0 aliphatic carbocycles. The summed E-state index contributed by atoms with van der Waals surface area (Å²) in [6.07, 6.45) is 0.337. The second-order valence-corrected chi connectivity index (χ2v) is 12.8. The van der Waals surface area contributed by atoms with Crippen molar-refractivity contribution in [2.45, 2.75) is 64.6 Å². The number of anilines is 1. The maximum absolute atomic E-state index is 14.1. The largest absolute Gasteiger partial charge is 0.352 e. The average Bonchev–Trinajstić information content (AvgIpc) is 2.86. The minimum absolute atomic E-state index is 0.0109. The standard InChI is InChI=1S/C30H35Cl2N3O4S/c1-6-28(30(37)33-20(2)3)34(18-23-9-7-8-22(5)14-23)29(36)19-35(26-16-24(31)15-25(32)17-26)40(38,39)27-12-10-21(4)11-13-27/h7-17,20,28H,6,18-19H2,1-5H3,(H,33,37). The molecule has 0 aromatic heterocycles. The molecule has 40 heavy (non-hydrogen) atoms. The highest BCUT2D eigenvalue weighted by molar-refractivity contribution is 7.92. The van der Waals surface area contributed by atoms with Crippen LogP contribution in [0.2, 0.25) is 10.0 Å². The summed E-state index contributed by atoms with van der Waals surface area (Å²) in [6, 6.07) is 17.4. The first-order valence-electron chi connectivity index (χ1n) is 13.0. The van der Waals surface area contributed by atoms with Crippen molar-refractivity contribution in [3.05, 3.63) is 93.5 Å². The zero-order chi connectivity index (χ0) is 29.6. The molecule has 0 saturated carbocycles. The van der Waals surface area contributed by atoms with Gasteiger partial charge in [0.25, 0.3) is 10.0 Å². The lowest BCUT2D eigenvalue weighted by Gasteiger charge is -2.33. The van der Waals surface area contributed by atoms with Gasteiger partial charge in [0.15, 0.2) is 0 Å². The number of aryl methyl sites for hydroxylation is 2. The Kier molecular flexibility index (Phi) is 10.6. The normalized spacial score (nSPS) is 12.2. The van der Waals surface area contributed by atoms with Crippen molar-refractivity contribution in [2.75, 3.05) is 10.8 Å². The van der Waals surface area contributed by atoms with Crippen LogP contribution in [-0.2, 0) is 26.2 Å². The number of nitrogens with zero attached hydrogens (tertiary/aromatic N) is 2. The Morgan fingerprint density at radius 3 is 2.08 bits per heavy atom. The Morgan fingerprint density at radius 2 is 1.52 bits per heavy atom. The van der Waals surface area contributed by atoms with Crippen LogP contribution in [0.3, 0.4) is 0 Å². The number of hydrogen-bond donors (Lipinski definition) is 1. The van der Waals surface area contributed by atoms with E-state index >= 15 is 0 Å². The molecule has 3 aromatic carbocycles. The van der Waals surface area contributed by atoms with Gasteiger partial charge in [0.1, 0.15) is 12.6 Å². The number of rotatable bonds is 11. The van der Waals surface area contributed by atoms with Crippen LogP contribution in [0.4, 0.5) is 5.69 Å². The predicted octanol–water partition coefficient (Wildman–Crippen LogP) is 6.14. The van der Waals surface area contributed by atoms with Gasteiger partial charge in [0.05, 0.1) is 10.6 Å². The first kappa shape index (κ1) is 31.5. The van der Waals surface area contributed by atoms with E-state index in [9.17, 15) is 18.0 Å².